The van der Waals surface area contributed by atoms with Gasteiger partial charge in [-0.2, -0.15) is 5.10 Å². The van der Waals surface area contributed by atoms with Gasteiger partial charge in [0.25, 0.3) is 5.56 Å². The van der Waals surface area contributed by atoms with Gasteiger partial charge in [0.15, 0.2) is 0 Å². The number of fused-ring (bicyclic) bond motifs is 1. The summed E-state index contributed by atoms with van der Waals surface area (Å²) in [5, 5.41) is 4.40. The Morgan fingerprint density at radius 2 is 1.85 bits per heavy atom. The lowest BCUT2D eigenvalue weighted by molar-refractivity contribution is -0.138. The number of aromatic nitrogens is 3. The van der Waals surface area contributed by atoms with Crippen LogP contribution in [0.2, 0.25) is 0 Å². The van der Waals surface area contributed by atoms with Crippen molar-refractivity contribution in [2.45, 2.75) is 90.1 Å². The second kappa shape index (κ2) is 12.4. The number of ether oxygens (including phenoxy) is 4. The van der Waals surface area contributed by atoms with Gasteiger partial charge < -0.3 is 23.9 Å². The zero-order chi connectivity index (χ0) is 23.8. The van der Waals surface area contributed by atoms with E-state index in [9.17, 15) is 4.79 Å². The molecule has 186 valence electrons. The predicted octanol–water partition coefficient (Wildman–Crippen LogP) is 4.80. The Bertz CT molecular complexity index is 932. The van der Waals surface area contributed by atoms with E-state index in [2.05, 4.69) is 53.7 Å². The van der Waals surface area contributed by atoms with E-state index in [-0.39, 0.29) is 17.8 Å². The lowest BCUT2D eigenvalue weighted by Crippen LogP contribution is -2.48. The highest BCUT2D eigenvalue weighted by Gasteiger charge is 2.57. The van der Waals surface area contributed by atoms with Crippen LogP contribution in [-0.2, 0) is 18.9 Å². The average Bonchev–Trinajstić information content (AvgIpc) is 3.27. The highest BCUT2D eigenvalue weighted by Crippen LogP contribution is 2.46. The van der Waals surface area contributed by atoms with Gasteiger partial charge in [0.1, 0.15) is 35.8 Å². The third-order valence-corrected chi connectivity index (χ3v) is 6.78. The van der Waals surface area contributed by atoms with Crippen LogP contribution in [0.5, 0.6) is 0 Å². The highest BCUT2D eigenvalue weighted by atomic mass is 79.9. The summed E-state index contributed by atoms with van der Waals surface area (Å²) in [5.41, 5.74) is 0.213. The summed E-state index contributed by atoms with van der Waals surface area (Å²) in [7, 11) is 0. The number of nitrogens with zero attached hydrogens (tertiary/aromatic N) is 2. The fraction of sp³-hybridized carbons (Fsp3) is 0.750. The van der Waals surface area contributed by atoms with Gasteiger partial charge in [-0.25, -0.2) is 4.52 Å². The van der Waals surface area contributed by atoms with Crippen molar-refractivity contribution < 1.29 is 18.9 Å². The number of aromatic amines is 1. The third-order valence-electron chi connectivity index (χ3n) is 6.17. The van der Waals surface area contributed by atoms with E-state index in [0.29, 0.717) is 36.4 Å². The number of nitrogens with one attached hydrogen (secondary N) is 1. The number of hydrogen-bond acceptors (Lipinski definition) is 6. The first-order valence-electron chi connectivity index (χ1n) is 12.2. The Balaban J connectivity index is 1.98. The second-order valence-electron chi connectivity index (χ2n) is 8.81. The summed E-state index contributed by atoms with van der Waals surface area (Å²) in [6, 6.07) is 1.90. The van der Waals surface area contributed by atoms with Crippen LogP contribution in [0, 0.1) is 0 Å². The molecular weight excluding hydrogens is 490 g/mol. The molecule has 1 aliphatic rings. The predicted molar refractivity (Wildman–Crippen MR) is 131 cm³/mol. The Labute approximate surface area is 204 Å². The number of halogens is 1. The molecule has 3 heterocycles. The topological polar surface area (TPSA) is 87.1 Å². The molecule has 1 aliphatic heterocycles. The minimum Gasteiger partial charge on any atom is -0.379 e. The van der Waals surface area contributed by atoms with E-state index in [1.165, 1.54) is 6.33 Å². The molecule has 1 saturated heterocycles. The van der Waals surface area contributed by atoms with E-state index in [1.54, 1.807) is 4.52 Å². The number of rotatable bonds is 14. The minimum absolute atomic E-state index is 0.218. The van der Waals surface area contributed by atoms with Gasteiger partial charge in [0.05, 0.1) is 16.8 Å². The van der Waals surface area contributed by atoms with Crippen molar-refractivity contribution in [3.05, 3.63) is 32.9 Å². The van der Waals surface area contributed by atoms with Crippen LogP contribution in [0.4, 0.5) is 0 Å². The van der Waals surface area contributed by atoms with Crippen molar-refractivity contribution in [2.24, 2.45) is 0 Å². The van der Waals surface area contributed by atoms with Gasteiger partial charge in [-0.1, -0.05) is 40.0 Å². The van der Waals surface area contributed by atoms with Crippen molar-refractivity contribution in [1.82, 2.24) is 14.6 Å². The number of H-pyrrole nitrogens is 1. The van der Waals surface area contributed by atoms with Crippen molar-refractivity contribution in [2.75, 3.05) is 26.4 Å². The van der Waals surface area contributed by atoms with Crippen LogP contribution < -0.4 is 5.56 Å². The summed E-state index contributed by atoms with van der Waals surface area (Å²) in [6.45, 7) is 10.8. The molecule has 0 aromatic carbocycles. The van der Waals surface area contributed by atoms with Gasteiger partial charge in [0.2, 0.25) is 0 Å². The first kappa shape index (κ1) is 26.3. The molecule has 9 heteroatoms. The summed E-state index contributed by atoms with van der Waals surface area (Å²) in [6.07, 6.45) is 6.39. The molecule has 0 saturated carbocycles. The van der Waals surface area contributed by atoms with E-state index in [1.807, 2.05) is 6.07 Å². The van der Waals surface area contributed by atoms with Gasteiger partial charge >= 0.3 is 0 Å². The van der Waals surface area contributed by atoms with Crippen molar-refractivity contribution in [3.63, 3.8) is 0 Å². The quantitative estimate of drug-likeness (QED) is 0.355. The summed E-state index contributed by atoms with van der Waals surface area (Å²) in [4.78, 5) is 15.1. The Hall–Kier alpha value is -1.26. The molecule has 4 atom stereocenters. The van der Waals surface area contributed by atoms with Crippen LogP contribution in [0.1, 0.15) is 78.0 Å². The maximum Gasteiger partial charge on any atom is 0.276 e. The van der Waals surface area contributed by atoms with E-state index in [0.717, 1.165) is 44.2 Å². The zero-order valence-electron chi connectivity index (χ0n) is 20.3. The molecule has 2 aromatic heterocycles. The van der Waals surface area contributed by atoms with Crippen LogP contribution in [0.3, 0.4) is 0 Å². The van der Waals surface area contributed by atoms with Crippen molar-refractivity contribution in [1.29, 1.82) is 0 Å². The Morgan fingerprint density at radius 1 is 1.15 bits per heavy atom. The van der Waals surface area contributed by atoms with Gasteiger partial charge in [-0.3, -0.25) is 4.79 Å². The highest BCUT2D eigenvalue weighted by molar-refractivity contribution is 9.10. The fourth-order valence-electron chi connectivity index (χ4n) is 4.28. The molecule has 0 aliphatic carbocycles. The molecule has 0 spiro atoms. The van der Waals surface area contributed by atoms with E-state index >= 15 is 0 Å². The molecule has 1 fully saturated rings. The maximum atomic E-state index is 12.4. The van der Waals surface area contributed by atoms with Crippen molar-refractivity contribution >= 4 is 21.4 Å². The lowest BCUT2D eigenvalue weighted by atomic mass is 9.90. The third kappa shape index (κ3) is 5.88. The first-order chi connectivity index (χ1) is 16.0. The molecule has 1 N–H and O–H groups in total. The fourth-order valence-corrected chi connectivity index (χ4v) is 4.86. The normalized spacial score (nSPS) is 25.3. The van der Waals surface area contributed by atoms with Crippen LogP contribution in [-0.4, -0.2) is 58.8 Å². The molecular formula is C24H38BrN3O5. The largest absolute Gasteiger partial charge is 0.379 e. The maximum absolute atomic E-state index is 12.4. The van der Waals surface area contributed by atoms with E-state index in [4.69, 9.17) is 18.9 Å². The summed E-state index contributed by atoms with van der Waals surface area (Å²) in [5.74, 6) is 0. The van der Waals surface area contributed by atoms with Crippen LogP contribution in [0.15, 0.2) is 21.7 Å². The number of unbranched alkanes of at least 4 members (excludes halogenated alkanes) is 3. The molecule has 3 rings (SSSR count). The minimum atomic E-state index is -0.764. The SMILES string of the molecule is CCCCOC[C@H]1O[C@@H](c2cc(Br)c3c(=O)[nH]cnn23)[C@](C)(OCCCC)[C@@H]1OCCCC. The monoisotopic (exact) mass is 527 g/mol. The molecule has 0 radical (unpaired) electrons. The van der Waals surface area contributed by atoms with Gasteiger partial charge in [-0.15, -0.1) is 0 Å². The van der Waals surface area contributed by atoms with E-state index < -0.39 is 11.7 Å². The van der Waals surface area contributed by atoms with Crippen molar-refractivity contribution in [3.8, 4) is 0 Å². The summed E-state index contributed by atoms with van der Waals surface area (Å²) < 4.78 is 27.8. The summed E-state index contributed by atoms with van der Waals surface area (Å²) >= 11 is 3.52. The zero-order valence-corrected chi connectivity index (χ0v) is 21.9. The number of hydrogen-bond donors (Lipinski definition) is 1. The molecule has 0 bridgehead atoms. The Kier molecular flexibility index (Phi) is 9.94. The van der Waals surface area contributed by atoms with Gasteiger partial charge in [0, 0.05) is 19.8 Å². The first-order valence-corrected chi connectivity index (χ1v) is 13.0. The Morgan fingerprint density at radius 3 is 2.58 bits per heavy atom. The molecule has 0 unspecified atom stereocenters. The molecule has 33 heavy (non-hydrogen) atoms. The lowest BCUT2D eigenvalue weighted by Gasteiger charge is -2.35. The average molecular weight is 528 g/mol. The molecule has 8 nitrogen and oxygen atoms in total. The van der Waals surface area contributed by atoms with Crippen LogP contribution in [0.25, 0.3) is 5.52 Å². The van der Waals surface area contributed by atoms with Gasteiger partial charge in [-0.05, 0) is 48.2 Å². The second-order valence-corrected chi connectivity index (χ2v) is 9.66. The standard InChI is InChI=1S/C24H38BrN3O5/c1-5-8-11-30-15-19-22(31-12-9-6-2)24(4,32-13-10-7-3)21(33-19)18-14-17(25)20-23(29)26-16-27-28(18)20/h14,16,19,21-22H,5-13,15H2,1-4H3,(H,26,27,29)/t19-,21+,22-,24+/m1/s1. The molecule has 2 aromatic rings. The molecule has 0 amide bonds. The smallest absolute Gasteiger partial charge is 0.276 e. The van der Waals surface area contributed by atoms with Crippen LogP contribution >= 0.6 is 15.9 Å².